The number of nitriles is 1. The van der Waals surface area contributed by atoms with E-state index in [-0.39, 0.29) is 19.1 Å². The summed E-state index contributed by atoms with van der Waals surface area (Å²) in [6.45, 7) is 2.40. The van der Waals surface area contributed by atoms with E-state index in [2.05, 4.69) is 11.0 Å². The van der Waals surface area contributed by atoms with Gasteiger partial charge in [-0.05, 0) is 61.5 Å². The Hall–Kier alpha value is -4.22. The Balaban J connectivity index is 1.56. The molecule has 0 aliphatic heterocycles. The number of aromatic nitrogens is 1. The fourth-order valence-corrected chi connectivity index (χ4v) is 4.64. The average molecular weight is 485 g/mol. The van der Waals surface area contributed by atoms with Crippen LogP contribution in [0.1, 0.15) is 27.9 Å². The van der Waals surface area contributed by atoms with Crippen molar-refractivity contribution in [1.29, 1.82) is 5.26 Å². The van der Waals surface area contributed by atoms with Gasteiger partial charge in [0.1, 0.15) is 11.6 Å². The van der Waals surface area contributed by atoms with Crippen molar-refractivity contribution >= 4 is 44.8 Å². The van der Waals surface area contributed by atoms with E-state index in [0.717, 1.165) is 20.9 Å². The van der Waals surface area contributed by atoms with Gasteiger partial charge in [0.25, 0.3) is 5.91 Å². The number of amides is 1. The van der Waals surface area contributed by atoms with Gasteiger partial charge in [-0.25, -0.2) is 4.98 Å². The van der Waals surface area contributed by atoms with Crippen LogP contribution in [0.4, 0.5) is 11.4 Å². The van der Waals surface area contributed by atoms with Crippen LogP contribution in [-0.4, -0.2) is 37.1 Å². The lowest BCUT2D eigenvalue weighted by atomic mass is 10.1. The van der Waals surface area contributed by atoms with E-state index in [9.17, 15) is 9.59 Å². The molecular formula is C27H24N4O3S. The second kappa shape index (κ2) is 10.8. The second-order valence-corrected chi connectivity index (χ2v) is 8.95. The first-order valence-corrected chi connectivity index (χ1v) is 11.9. The van der Waals surface area contributed by atoms with Crippen molar-refractivity contribution in [1.82, 2.24) is 4.98 Å². The molecule has 35 heavy (non-hydrogen) atoms. The third-order valence-corrected chi connectivity index (χ3v) is 6.42. The molecule has 0 bridgehead atoms. The van der Waals surface area contributed by atoms with E-state index in [4.69, 9.17) is 15.0 Å². The molecule has 0 N–H and O–H groups in total. The van der Waals surface area contributed by atoms with Crippen LogP contribution in [0.25, 0.3) is 10.2 Å². The standard InChI is InChI=1S/C27H24N4O3S/c1-3-34-26(32)18-31(22-7-5-4-6-8-22)27(33)20-11-14-24-23(15-20)29-25(35-24)17-30(2)21-12-9-19(16-28)10-13-21/h4-15H,3,17-18H2,1-2H3. The van der Waals surface area contributed by atoms with E-state index < -0.39 is 5.97 Å². The predicted octanol–water partition coefficient (Wildman–Crippen LogP) is 5.01. The number of para-hydroxylation sites is 1. The Bertz CT molecular complexity index is 1380. The Morgan fingerprint density at radius 1 is 1.03 bits per heavy atom. The van der Waals surface area contributed by atoms with Crippen LogP contribution in [0.3, 0.4) is 0 Å². The van der Waals surface area contributed by atoms with Crippen molar-refractivity contribution in [3.63, 3.8) is 0 Å². The zero-order valence-corrected chi connectivity index (χ0v) is 20.3. The molecule has 1 aromatic heterocycles. The van der Waals surface area contributed by atoms with Gasteiger partial charge in [0.05, 0.1) is 35.0 Å². The molecule has 0 radical (unpaired) electrons. The zero-order chi connectivity index (χ0) is 24.8. The third-order valence-electron chi connectivity index (χ3n) is 5.39. The van der Waals surface area contributed by atoms with Crippen molar-refractivity contribution < 1.29 is 14.3 Å². The van der Waals surface area contributed by atoms with E-state index in [1.165, 1.54) is 4.90 Å². The van der Waals surface area contributed by atoms with Crippen molar-refractivity contribution in [2.45, 2.75) is 13.5 Å². The zero-order valence-electron chi connectivity index (χ0n) is 19.5. The minimum absolute atomic E-state index is 0.174. The van der Waals surface area contributed by atoms with E-state index >= 15 is 0 Å². The van der Waals surface area contributed by atoms with Gasteiger partial charge in [-0.1, -0.05) is 18.2 Å². The second-order valence-electron chi connectivity index (χ2n) is 7.84. The SMILES string of the molecule is CCOC(=O)CN(C(=O)c1ccc2sc(CN(C)c3ccc(C#N)cc3)nc2c1)c1ccccc1. The highest BCUT2D eigenvalue weighted by atomic mass is 32.1. The Kier molecular flexibility index (Phi) is 7.38. The smallest absolute Gasteiger partial charge is 0.326 e. The molecule has 0 atom stereocenters. The molecule has 0 fully saturated rings. The fourth-order valence-electron chi connectivity index (χ4n) is 3.64. The molecular weight excluding hydrogens is 460 g/mol. The fraction of sp³-hybridized carbons (Fsp3) is 0.185. The van der Waals surface area contributed by atoms with Crippen molar-refractivity contribution in [2.24, 2.45) is 0 Å². The number of thiazole rings is 1. The molecule has 0 spiro atoms. The lowest BCUT2D eigenvalue weighted by Crippen LogP contribution is -2.36. The van der Waals surface area contributed by atoms with Gasteiger partial charge in [-0.2, -0.15) is 5.26 Å². The Labute approximate surface area is 207 Å². The third kappa shape index (κ3) is 5.65. The number of hydrogen-bond acceptors (Lipinski definition) is 7. The van der Waals surface area contributed by atoms with E-state index in [0.29, 0.717) is 23.4 Å². The van der Waals surface area contributed by atoms with Gasteiger partial charge in [0.15, 0.2) is 0 Å². The van der Waals surface area contributed by atoms with Gasteiger partial charge in [-0.3, -0.25) is 14.5 Å². The summed E-state index contributed by atoms with van der Waals surface area (Å²) in [4.78, 5) is 33.8. The lowest BCUT2D eigenvalue weighted by molar-refractivity contribution is -0.141. The van der Waals surface area contributed by atoms with Crippen LogP contribution in [-0.2, 0) is 16.1 Å². The van der Waals surface area contributed by atoms with Crippen LogP contribution >= 0.6 is 11.3 Å². The molecule has 176 valence electrons. The first-order chi connectivity index (χ1) is 17.0. The summed E-state index contributed by atoms with van der Waals surface area (Å²) in [6.07, 6.45) is 0. The maximum atomic E-state index is 13.4. The highest BCUT2D eigenvalue weighted by Gasteiger charge is 2.22. The van der Waals surface area contributed by atoms with Crippen molar-refractivity contribution in [2.75, 3.05) is 30.0 Å². The maximum Gasteiger partial charge on any atom is 0.326 e. The molecule has 0 unspecified atom stereocenters. The summed E-state index contributed by atoms with van der Waals surface area (Å²) in [5.74, 6) is -0.761. The molecule has 4 rings (SSSR count). The number of esters is 1. The predicted molar refractivity (Wildman–Crippen MR) is 138 cm³/mol. The molecule has 0 aliphatic carbocycles. The highest BCUT2D eigenvalue weighted by Crippen LogP contribution is 2.27. The number of rotatable bonds is 8. The normalized spacial score (nSPS) is 10.5. The molecule has 0 saturated carbocycles. The van der Waals surface area contributed by atoms with Gasteiger partial charge in [-0.15, -0.1) is 11.3 Å². The first kappa shape index (κ1) is 23.9. The summed E-state index contributed by atoms with van der Waals surface area (Å²) in [6, 6.07) is 24.0. The monoisotopic (exact) mass is 484 g/mol. The lowest BCUT2D eigenvalue weighted by Gasteiger charge is -2.22. The quantitative estimate of drug-likeness (QED) is 0.327. The van der Waals surface area contributed by atoms with Crippen LogP contribution < -0.4 is 9.80 Å². The number of benzene rings is 3. The summed E-state index contributed by atoms with van der Waals surface area (Å²) in [5.41, 5.74) is 3.40. The van der Waals surface area contributed by atoms with Crippen LogP contribution in [0.2, 0.25) is 0 Å². The summed E-state index contributed by atoms with van der Waals surface area (Å²) in [5, 5.41) is 9.89. The summed E-state index contributed by atoms with van der Waals surface area (Å²) < 4.78 is 6.05. The van der Waals surface area contributed by atoms with E-state index in [1.807, 2.05) is 43.4 Å². The number of hydrogen-bond donors (Lipinski definition) is 0. The Morgan fingerprint density at radius 3 is 2.46 bits per heavy atom. The molecule has 1 amide bonds. The number of anilines is 2. The van der Waals surface area contributed by atoms with Gasteiger partial charge < -0.3 is 9.64 Å². The number of ether oxygens (including phenoxy) is 1. The molecule has 7 nitrogen and oxygen atoms in total. The molecule has 1 heterocycles. The van der Waals surface area contributed by atoms with E-state index in [1.54, 1.807) is 54.7 Å². The minimum atomic E-state index is -0.465. The molecule has 8 heteroatoms. The highest BCUT2D eigenvalue weighted by molar-refractivity contribution is 7.18. The Morgan fingerprint density at radius 2 is 1.77 bits per heavy atom. The molecule has 3 aromatic carbocycles. The maximum absolute atomic E-state index is 13.4. The van der Waals surface area contributed by atoms with Crippen LogP contribution in [0, 0.1) is 11.3 Å². The number of fused-ring (bicyclic) bond motifs is 1. The molecule has 0 saturated heterocycles. The van der Waals surface area contributed by atoms with Gasteiger partial charge >= 0.3 is 5.97 Å². The minimum Gasteiger partial charge on any atom is -0.465 e. The topological polar surface area (TPSA) is 86.5 Å². The van der Waals surface area contributed by atoms with Crippen molar-refractivity contribution in [3.05, 3.63) is 88.9 Å². The average Bonchev–Trinajstić information content (AvgIpc) is 3.29. The largest absolute Gasteiger partial charge is 0.465 e. The number of carbonyl (C=O) groups excluding carboxylic acids is 2. The summed E-state index contributed by atoms with van der Waals surface area (Å²) >= 11 is 1.57. The molecule has 0 aliphatic rings. The number of nitrogens with zero attached hydrogens (tertiary/aromatic N) is 4. The van der Waals surface area contributed by atoms with Gasteiger partial charge in [0, 0.05) is 24.0 Å². The van der Waals surface area contributed by atoms with Crippen LogP contribution in [0.15, 0.2) is 72.8 Å². The first-order valence-electron chi connectivity index (χ1n) is 11.1. The summed E-state index contributed by atoms with van der Waals surface area (Å²) in [7, 11) is 1.97. The van der Waals surface area contributed by atoms with Crippen molar-refractivity contribution in [3.8, 4) is 6.07 Å². The number of carbonyl (C=O) groups is 2. The van der Waals surface area contributed by atoms with Gasteiger partial charge in [0.2, 0.25) is 0 Å². The van der Waals surface area contributed by atoms with Crippen LogP contribution in [0.5, 0.6) is 0 Å². The molecule has 4 aromatic rings.